The number of carbonyl (C=O) groups excluding carboxylic acids is 1. The molecule has 1 N–H and O–H groups in total. The summed E-state index contributed by atoms with van der Waals surface area (Å²) in [4.78, 5) is 17.1. The summed E-state index contributed by atoms with van der Waals surface area (Å²) < 4.78 is 5.49. The van der Waals surface area contributed by atoms with E-state index in [0.717, 1.165) is 24.3 Å². The van der Waals surface area contributed by atoms with Crippen molar-refractivity contribution in [2.45, 2.75) is 6.04 Å². The summed E-state index contributed by atoms with van der Waals surface area (Å²) in [6.07, 6.45) is 0. The predicted molar refractivity (Wildman–Crippen MR) is 115 cm³/mol. The van der Waals surface area contributed by atoms with E-state index in [2.05, 4.69) is 39.4 Å². The molecule has 1 amide bonds. The Kier molecular flexibility index (Phi) is 7.18. The highest BCUT2D eigenvalue weighted by molar-refractivity contribution is 6.36. The minimum absolute atomic E-state index is 0.0649. The van der Waals surface area contributed by atoms with Gasteiger partial charge in [-0.3, -0.25) is 9.69 Å². The van der Waals surface area contributed by atoms with Gasteiger partial charge >= 0.3 is 0 Å². The Morgan fingerprint density at radius 3 is 2.43 bits per heavy atom. The second-order valence-electron chi connectivity index (χ2n) is 6.98. The quantitative estimate of drug-likeness (QED) is 0.768. The van der Waals surface area contributed by atoms with Gasteiger partial charge in [-0.05, 0) is 35.9 Å². The zero-order chi connectivity index (χ0) is 20.1. The molecule has 0 aliphatic carbocycles. The zero-order valence-electron chi connectivity index (χ0n) is 16.1. The van der Waals surface area contributed by atoms with Crippen molar-refractivity contribution >= 4 is 34.8 Å². The van der Waals surface area contributed by atoms with Gasteiger partial charge in [0.25, 0.3) is 5.91 Å². The van der Waals surface area contributed by atoms with Gasteiger partial charge in [-0.2, -0.15) is 0 Å². The van der Waals surface area contributed by atoms with Crippen molar-refractivity contribution in [1.29, 1.82) is 0 Å². The first-order valence-corrected chi connectivity index (χ1v) is 10.0. The molecule has 2 aromatic rings. The first-order chi connectivity index (χ1) is 13.5. The van der Waals surface area contributed by atoms with Crippen LogP contribution in [0.3, 0.4) is 0 Å². The summed E-state index contributed by atoms with van der Waals surface area (Å²) in [7, 11) is 4.04. The average Bonchev–Trinajstić information content (AvgIpc) is 2.69. The second-order valence-corrected chi connectivity index (χ2v) is 7.83. The molecule has 1 aliphatic rings. The Labute approximate surface area is 176 Å². The largest absolute Gasteiger partial charge is 0.379 e. The molecule has 1 atom stereocenters. The molecule has 150 valence electrons. The lowest BCUT2D eigenvalue weighted by Crippen LogP contribution is -2.43. The molecule has 5 nitrogen and oxygen atoms in total. The lowest BCUT2D eigenvalue weighted by molar-refractivity contribution is 0.0162. The molecule has 0 saturated carbocycles. The van der Waals surface area contributed by atoms with E-state index in [1.54, 1.807) is 18.2 Å². The smallest absolute Gasteiger partial charge is 0.252 e. The number of nitrogens with zero attached hydrogens (tertiary/aromatic N) is 2. The first-order valence-electron chi connectivity index (χ1n) is 9.28. The number of amides is 1. The van der Waals surface area contributed by atoms with Crippen LogP contribution in [-0.4, -0.2) is 57.8 Å². The molecule has 0 radical (unpaired) electrons. The molecule has 0 aromatic heterocycles. The van der Waals surface area contributed by atoms with Crippen LogP contribution in [0.15, 0.2) is 42.5 Å². The maximum atomic E-state index is 12.7. The van der Waals surface area contributed by atoms with Gasteiger partial charge in [0.05, 0.1) is 29.8 Å². The maximum Gasteiger partial charge on any atom is 0.252 e. The van der Waals surface area contributed by atoms with Crippen LogP contribution in [0.4, 0.5) is 5.69 Å². The van der Waals surface area contributed by atoms with Gasteiger partial charge in [-0.1, -0.05) is 35.3 Å². The van der Waals surface area contributed by atoms with Gasteiger partial charge in [0.2, 0.25) is 0 Å². The van der Waals surface area contributed by atoms with Crippen LogP contribution >= 0.6 is 23.2 Å². The number of nitrogens with one attached hydrogen (secondary N) is 1. The number of carbonyl (C=O) groups is 1. The van der Waals surface area contributed by atoms with Gasteiger partial charge in [0.15, 0.2) is 0 Å². The summed E-state index contributed by atoms with van der Waals surface area (Å²) >= 11 is 12.1. The van der Waals surface area contributed by atoms with Crippen LogP contribution in [0.25, 0.3) is 0 Å². The van der Waals surface area contributed by atoms with Gasteiger partial charge in [0.1, 0.15) is 0 Å². The Hall–Kier alpha value is -1.79. The van der Waals surface area contributed by atoms with Crippen molar-refractivity contribution in [2.75, 3.05) is 51.8 Å². The molecule has 1 saturated heterocycles. The van der Waals surface area contributed by atoms with E-state index in [1.165, 1.54) is 0 Å². The highest BCUT2D eigenvalue weighted by Crippen LogP contribution is 2.25. The van der Waals surface area contributed by atoms with Crippen LogP contribution in [0, 0.1) is 0 Å². The van der Waals surface area contributed by atoms with E-state index in [4.69, 9.17) is 27.9 Å². The second kappa shape index (κ2) is 9.61. The molecule has 2 aromatic carbocycles. The third kappa shape index (κ3) is 5.17. The van der Waals surface area contributed by atoms with E-state index in [0.29, 0.717) is 35.4 Å². The molecule has 1 fully saturated rings. The minimum Gasteiger partial charge on any atom is -0.379 e. The van der Waals surface area contributed by atoms with Gasteiger partial charge in [-0.15, -0.1) is 0 Å². The molecule has 0 spiro atoms. The van der Waals surface area contributed by atoms with Crippen LogP contribution in [-0.2, 0) is 4.74 Å². The normalized spacial score (nSPS) is 15.9. The highest BCUT2D eigenvalue weighted by atomic mass is 35.5. The highest BCUT2D eigenvalue weighted by Gasteiger charge is 2.24. The summed E-state index contributed by atoms with van der Waals surface area (Å²) in [5.74, 6) is -0.204. The third-order valence-electron chi connectivity index (χ3n) is 4.91. The number of morpholine rings is 1. The van der Waals surface area contributed by atoms with Crippen molar-refractivity contribution < 1.29 is 9.53 Å². The Morgan fingerprint density at radius 2 is 1.82 bits per heavy atom. The summed E-state index contributed by atoms with van der Waals surface area (Å²) in [5, 5.41) is 3.89. The fraction of sp³-hybridized carbons (Fsp3) is 0.381. The van der Waals surface area contributed by atoms with Crippen LogP contribution in [0.2, 0.25) is 10.0 Å². The Morgan fingerprint density at radius 1 is 1.14 bits per heavy atom. The predicted octanol–water partition coefficient (Wildman–Crippen LogP) is 3.86. The van der Waals surface area contributed by atoms with Gasteiger partial charge < -0.3 is 15.0 Å². The SMILES string of the molecule is CN(C)c1ccc([C@@H](CNC(=O)c2ccc(Cl)cc2Cl)N2CCOCC2)cc1. The standard InChI is InChI=1S/C21H25Cl2N3O2/c1-25(2)17-6-3-15(4-7-17)20(26-9-11-28-12-10-26)14-24-21(27)18-8-5-16(22)13-19(18)23/h3-8,13,20H,9-12,14H2,1-2H3,(H,24,27)/t20-/m1/s1. The summed E-state index contributed by atoms with van der Waals surface area (Å²) in [6.45, 7) is 3.54. The molecule has 3 rings (SSSR count). The Balaban J connectivity index is 1.76. The van der Waals surface area contributed by atoms with E-state index >= 15 is 0 Å². The average molecular weight is 422 g/mol. The number of benzene rings is 2. The molecule has 1 heterocycles. The van der Waals surface area contributed by atoms with Crippen LogP contribution < -0.4 is 10.2 Å². The molecule has 7 heteroatoms. The third-order valence-corrected chi connectivity index (χ3v) is 5.46. The molecule has 0 unspecified atom stereocenters. The maximum absolute atomic E-state index is 12.7. The topological polar surface area (TPSA) is 44.8 Å². The number of ether oxygens (including phenoxy) is 1. The monoisotopic (exact) mass is 421 g/mol. The molecule has 0 bridgehead atoms. The lowest BCUT2D eigenvalue weighted by atomic mass is 10.0. The van der Waals surface area contributed by atoms with Crippen molar-refractivity contribution in [3.05, 3.63) is 63.6 Å². The van der Waals surface area contributed by atoms with Gasteiger partial charge in [-0.25, -0.2) is 0 Å². The van der Waals surface area contributed by atoms with Crippen molar-refractivity contribution in [2.24, 2.45) is 0 Å². The summed E-state index contributed by atoms with van der Waals surface area (Å²) in [5.41, 5.74) is 2.73. The number of hydrogen-bond donors (Lipinski definition) is 1. The first kappa shape index (κ1) is 20.9. The van der Waals surface area contributed by atoms with E-state index in [1.807, 2.05) is 14.1 Å². The van der Waals surface area contributed by atoms with E-state index < -0.39 is 0 Å². The van der Waals surface area contributed by atoms with Crippen molar-refractivity contribution in [3.8, 4) is 0 Å². The van der Waals surface area contributed by atoms with Crippen LogP contribution in [0.5, 0.6) is 0 Å². The van der Waals surface area contributed by atoms with Crippen molar-refractivity contribution in [1.82, 2.24) is 10.2 Å². The summed E-state index contributed by atoms with van der Waals surface area (Å²) in [6, 6.07) is 13.4. The molecular weight excluding hydrogens is 397 g/mol. The number of rotatable bonds is 6. The van der Waals surface area contributed by atoms with E-state index in [9.17, 15) is 4.79 Å². The fourth-order valence-corrected chi connectivity index (χ4v) is 3.79. The number of hydrogen-bond acceptors (Lipinski definition) is 4. The number of anilines is 1. The van der Waals surface area contributed by atoms with Crippen LogP contribution in [0.1, 0.15) is 22.0 Å². The minimum atomic E-state index is -0.204. The van der Waals surface area contributed by atoms with Gasteiger partial charge in [0, 0.05) is 44.4 Å². The number of halogens is 2. The fourth-order valence-electron chi connectivity index (χ4n) is 3.30. The Bertz CT molecular complexity index is 806. The zero-order valence-corrected chi connectivity index (χ0v) is 17.6. The molecule has 1 aliphatic heterocycles. The molecule has 28 heavy (non-hydrogen) atoms. The molecular formula is C21H25Cl2N3O2. The van der Waals surface area contributed by atoms with E-state index in [-0.39, 0.29) is 11.9 Å². The van der Waals surface area contributed by atoms with Crippen molar-refractivity contribution in [3.63, 3.8) is 0 Å². The lowest BCUT2D eigenvalue weighted by Gasteiger charge is -2.35.